The second-order valence-electron chi connectivity index (χ2n) is 8.88. The molecule has 2 rings (SSSR count). The van der Waals surface area contributed by atoms with Crippen LogP contribution in [-0.2, 0) is 9.53 Å². The maximum absolute atomic E-state index is 12.2. The molecule has 2 amide bonds. The van der Waals surface area contributed by atoms with Crippen molar-refractivity contribution in [3.63, 3.8) is 0 Å². The molecule has 126 valence electrons. The van der Waals surface area contributed by atoms with E-state index >= 15 is 0 Å². The van der Waals surface area contributed by atoms with E-state index in [4.69, 9.17) is 4.74 Å². The quantitative estimate of drug-likeness (QED) is 0.691. The Morgan fingerprint density at radius 1 is 0.909 bits per heavy atom. The summed E-state index contributed by atoms with van der Waals surface area (Å²) in [5.74, 6) is 0.229. The summed E-state index contributed by atoms with van der Waals surface area (Å²) in [6.45, 7) is 14.7. The Morgan fingerprint density at radius 3 is 1.82 bits per heavy atom. The summed E-state index contributed by atoms with van der Waals surface area (Å²) in [4.78, 5) is 28.1. The van der Waals surface area contributed by atoms with Crippen molar-refractivity contribution in [2.45, 2.75) is 60.0 Å². The van der Waals surface area contributed by atoms with Crippen molar-refractivity contribution in [1.29, 1.82) is 0 Å². The van der Waals surface area contributed by atoms with Gasteiger partial charge in [0.15, 0.2) is 0 Å². The Hall–Kier alpha value is -1.26. The van der Waals surface area contributed by atoms with Crippen LogP contribution in [0, 0.1) is 10.8 Å². The number of rotatable bonds is 0. The average molecular weight is 310 g/mol. The smallest absolute Gasteiger partial charge is 0.410 e. The van der Waals surface area contributed by atoms with Crippen LogP contribution in [0.1, 0.15) is 54.4 Å². The first kappa shape index (κ1) is 17.1. The number of likely N-dealkylation sites (tertiary alicyclic amines) is 2. The van der Waals surface area contributed by atoms with Crippen molar-refractivity contribution < 1.29 is 14.3 Å². The Morgan fingerprint density at radius 2 is 1.41 bits per heavy atom. The molecule has 0 aromatic carbocycles. The van der Waals surface area contributed by atoms with Crippen molar-refractivity contribution >= 4 is 12.0 Å². The number of hydrogen-bond donors (Lipinski definition) is 0. The van der Waals surface area contributed by atoms with Gasteiger partial charge in [-0.15, -0.1) is 0 Å². The van der Waals surface area contributed by atoms with Crippen molar-refractivity contribution in [2.24, 2.45) is 10.8 Å². The van der Waals surface area contributed by atoms with Gasteiger partial charge in [-0.2, -0.15) is 0 Å². The maximum atomic E-state index is 12.2. The Balaban J connectivity index is 1.82. The lowest BCUT2D eigenvalue weighted by molar-refractivity contribution is -0.155. The molecule has 2 heterocycles. The molecule has 5 heteroatoms. The van der Waals surface area contributed by atoms with E-state index < -0.39 is 5.60 Å². The third-order valence-electron chi connectivity index (χ3n) is 4.46. The highest BCUT2D eigenvalue weighted by Crippen LogP contribution is 2.42. The molecule has 0 atom stereocenters. The van der Waals surface area contributed by atoms with E-state index in [1.807, 2.05) is 46.4 Å². The predicted octanol–water partition coefficient (Wildman–Crippen LogP) is 2.89. The van der Waals surface area contributed by atoms with Crippen LogP contribution in [0.2, 0.25) is 0 Å². The number of carbonyl (C=O) groups excluding carboxylic acids is 2. The molecule has 0 unspecified atom stereocenters. The lowest BCUT2D eigenvalue weighted by Crippen LogP contribution is -2.63. The molecule has 1 spiro atoms. The van der Waals surface area contributed by atoms with Gasteiger partial charge in [-0.25, -0.2) is 4.79 Å². The molecule has 22 heavy (non-hydrogen) atoms. The van der Waals surface area contributed by atoms with Gasteiger partial charge in [-0.3, -0.25) is 4.79 Å². The molecule has 0 bridgehead atoms. The minimum Gasteiger partial charge on any atom is -0.444 e. The van der Waals surface area contributed by atoms with Gasteiger partial charge in [0.05, 0.1) is 0 Å². The summed E-state index contributed by atoms with van der Waals surface area (Å²) in [5, 5.41) is 0. The SMILES string of the molecule is CC(C)(C)OC(=O)N1CCC2(CC1)CN(C(=O)C(C)(C)C)C2. The molecule has 0 saturated carbocycles. The monoisotopic (exact) mass is 310 g/mol. The number of piperidine rings is 1. The fourth-order valence-electron chi connectivity index (χ4n) is 3.19. The molecular formula is C17H30N2O3. The summed E-state index contributed by atoms with van der Waals surface area (Å²) in [6.07, 6.45) is 1.70. The number of carbonyl (C=O) groups is 2. The zero-order valence-electron chi connectivity index (χ0n) is 14.9. The van der Waals surface area contributed by atoms with Crippen LogP contribution in [0.3, 0.4) is 0 Å². The lowest BCUT2D eigenvalue weighted by atomic mass is 9.71. The highest BCUT2D eigenvalue weighted by Gasteiger charge is 2.49. The van der Waals surface area contributed by atoms with Crippen molar-refractivity contribution in [2.75, 3.05) is 26.2 Å². The lowest BCUT2D eigenvalue weighted by Gasteiger charge is -2.55. The molecule has 5 nitrogen and oxygen atoms in total. The molecule has 0 N–H and O–H groups in total. The fraction of sp³-hybridized carbons (Fsp3) is 0.882. The van der Waals surface area contributed by atoms with Crippen molar-refractivity contribution in [3.05, 3.63) is 0 Å². The summed E-state index contributed by atoms with van der Waals surface area (Å²) in [6, 6.07) is 0. The van der Waals surface area contributed by atoms with Crippen LogP contribution in [0.4, 0.5) is 4.79 Å². The van der Waals surface area contributed by atoms with Crippen molar-refractivity contribution in [3.8, 4) is 0 Å². The third kappa shape index (κ3) is 3.73. The number of amides is 2. The normalized spacial score (nSPS) is 21.5. The van der Waals surface area contributed by atoms with Gasteiger partial charge >= 0.3 is 6.09 Å². The highest BCUT2D eigenvalue weighted by molar-refractivity contribution is 5.82. The first-order valence-corrected chi connectivity index (χ1v) is 8.19. The third-order valence-corrected chi connectivity index (χ3v) is 4.46. The second-order valence-corrected chi connectivity index (χ2v) is 8.88. The van der Waals surface area contributed by atoms with Crippen LogP contribution in [0.5, 0.6) is 0 Å². The molecule has 0 aliphatic carbocycles. The standard InChI is InChI=1S/C17H30N2O3/c1-15(2,3)13(20)19-11-17(12-19)7-9-18(10-8-17)14(21)22-16(4,5)6/h7-12H2,1-6H3. The summed E-state index contributed by atoms with van der Waals surface area (Å²) >= 11 is 0. The largest absolute Gasteiger partial charge is 0.444 e. The Labute approximate surface area is 134 Å². The van der Waals surface area contributed by atoms with Gasteiger partial charge in [-0.05, 0) is 33.6 Å². The van der Waals surface area contributed by atoms with Crippen LogP contribution in [0.15, 0.2) is 0 Å². The minimum atomic E-state index is -0.446. The number of nitrogens with zero attached hydrogens (tertiary/aromatic N) is 2. The fourth-order valence-corrected chi connectivity index (χ4v) is 3.19. The van der Waals surface area contributed by atoms with Crippen molar-refractivity contribution in [1.82, 2.24) is 9.80 Å². The molecule has 2 saturated heterocycles. The molecule has 0 aromatic rings. The average Bonchev–Trinajstić information content (AvgIpc) is 2.32. The zero-order chi connectivity index (χ0) is 16.8. The van der Waals surface area contributed by atoms with E-state index in [0.717, 1.165) is 39.0 Å². The van der Waals surface area contributed by atoms with Gasteiger partial charge in [0, 0.05) is 37.0 Å². The van der Waals surface area contributed by atoms with Crippen LogP contribution in [-0.4, -0.2) is 53.6 Å². The first-order valence-electron chi connectivity index (χ1n) is 8.19. The summed E-state index contributed by atoms with van der Waals surface area (Å²) in [7, 11) is 0. The van der Waals surface area contributed by atoms with E-state index in [1.54, 1.807) is 4.90 Å². The first-order chi connectivity index (χ1) is 9.92. The Kier molecular flexibility index (Phi) is 4.22. The molecule has 0 radical (unpaired) electrons. The molecule has 2 aliphatic rings. The van der Waals surface area contributed by atoms with E-state index in [1.165, 1.54) is 0 Å². The molecular weight excluding hydrogens is 280 g/mol. The van der Waals surface area contributed by atoms with Crippen LogP contribution >= 0.6 is 0 Å². The van der Waals surface area contributed by atoms with Crippen LogP contribution < -0.4 is 0 Å². The molecule has 2 fully saturated rings. The second kappa shape index (κ2) is 5.43. The predicted molar refractivity (Wildman–Crippen MR) is 85.5 cm³/mol. The number of hydrogen-bond acceptors (Lipinski definition) is 3. The van der Waals surface area contributed by atoms with E-state index in [9.17, 15) is 9.59 Å². The zero-order valence-corrected chi connectivity index (χ0v) is 14.9. The van der Waals surface area contributed by atoms with Gasteiger partial charge in [0.25, 0.3) is 0 Å². The van der Waals surface area contributed by atoms with Gasteiger partial charge in [0.1, 0.15) is 5.60 Å². The van der Waals surface area contributed by atoms with E-state index in [2.05, 4.69) is 0 Å². The highest BCUT2D eigenvalue weighted by atomic mass is 16.6. The summed E-state index contributed by atoms with van der Waals surface area (Å²) in [5.41, 5.74) is -0.531. The van der Waals surface area contributed by atoms with Gasteiger partial charge in [-0.1, -0.05) is 20.8 Å². The molecule has 2 aliphatic heterocycles. The Bertz CT molecular complexity index is 444. The molecule has 0 aromatic heterocycles. The van der Waals surface area contributed by atoms with Crippen LogP contribution in [0.25, 0.3) is 0 Å². The van der Waals surface area contributed by atoms with Gasteiger partial charge in [0.2, 0.25) is 5.91 Å². The summed E-state index contributed by atoms with van der Waals surface area (Å²) < 4.78 is 5.42. The van der Waals surface area contributed by atoms with E-state index in [-0.39, 0.29) is 22.8 Å². The number of ether oxygens (including phenoxy) is 1. The van der Waals surface area contributed by atoms with E-state index in [0.29, 0.717) is 0 Å². The minimum absolute atomic E-state index is 0.218. The topological polar surface area (TPSA) is 49.9 Å². The maximum Gasteiger partial charge on any atom is 0.410 e. The van der Waals surface area contributed by atoms with Gasteiger partial charge < -0.3 is 14.5 Å².